The van der Waals surface area contributed by atoms with Gasteiger partial charge in [-0.2, -0.15) is 0 Å². The van der Waals surface area contributed by atoms with Crippen LogP contribution in [0.3, 0.4) is 0 Å². The monoisotopic (exact) mass is 257 g/mol. The van der Waals surface area contributed by atoms with Gasteiger partial charge in [0.15, 0.2) is 5.84 Å². The number of amidine groups is 1. The fourth-order valence-electron chi connectivity index (χ4n) is 1.73. The molecule has 1 aromatic heterocycles. The number of hydrogen-bond donors (Lipinski definition) is 3. The standard InChI is InChI=1S/C13H15N5O/c14-13(18-19)12-4-2-1-3-10(12)7-16-8-11-5-6-15-9-17-11/h1-6,9,16,19H,7-8H2,(H2,14,18). The molecular weight excluding hydrogens is 242 g/mol. The Morgan fingerprint density at radius 3 is 2.84 bits per heavy atom. The lowest BCUT2D eigenvalue weighted by Crippen LogP contribution is -2.20. The molecule has 0 fully saturated rings. The Morgan fingerprint density at radius 1 is 1.26 bits per heavy atom. The highest BCUT2D eigenvalue weighted by Gasteiger charge is 2.05. The van der Waals surface area contributed by atoms with E-state index in [1.54, 1.807) is 6.20 Å². The van der Waals surface area contributed by atoms with Crippen LogP contribution < -0.4 is 11.1 Å². The third kappa shape index (κ3) is 3.49. The molecule has 0 aliphatic heterocycles. The predicted octanol–water partition coefficient (Wildman–Crippen LogP) is 0.861. The number of nitrogens with zero attached hydrogens (tertiary/aromatic N) is 3. The molecular formula is C13H15N5O. The highest BCUT2D eigenvalue weighted by atomic mass is 16.4. The molecule has 0 saturated heterocycles. The Bertz CT molecular complexity index is 556. The van der Waals surface area contributed by atoms with Gasteiger partial charge in [-0.15, -0.1) is 0 Å². The van der Waals surface area contributed by atoms with E-state index in [-0.39, 0.29) is 5.84 Å². The van der Waals surface area contributed by atoms with Crippen LogP contribution in [0.25, 0.3) is 0 Å². The van der Waals surface area contributed by atoms with E-state index in [0.29, 0.717) is 13.1 Å². The molecule has 2 rings (SSSR count). The second-order valence-electron chi connectivity index (χ2n) is 3.95. The van der Waals surface area contributed by atoms with Crippen molar-refractivity contribution in [1.82, 2.24) is 15.3 Å². The van der Waals surface area contributed by atoms with Gasteiger partial charge in [-0.3, -0.25) is 0 Å². The van der Waals surface area contributed by atoms with E-state index in [9.17, 15) is 0 Å². The molecule has 0 unspecified atom stereocenters. The van der Waals surface area contributed by atoms with Gasteiger partial charge >= 0.3 is 0 Å². The molecule has 6 nitrogen and oxygen atoms in total. The van der Waals surface area contributed by atoms with Gasteiger partial charge in [0.2, 0.25) is 0 Å². The van der Waals surface area contributed by atoms with E-state index in [1.807, 2.05) is 30.3 Å². The highest BCUT2D eigenvalue weighted by molar-refractivity contribution is 5.98. The quantitative estimate of drug-likeness (QED) is 0.319. The van der Waals surface area contributed by atoms with E-state index in [0.717, 1.165) is 16.8 Å². The highest BCUT2D eigenvalue weighted by Crippen LogP contribution is 2.08. The summed E-state index contributed by atoms with van der Waals surface area (Å²) >= 11 is 0. The van der Waals surface area contributed by atoms with Gasteiger partial charge in [0.05, 0.1) is 5.69 Å². The van der Waals surface area contributed by atoms with Crippen LogP contribution >= 0.6 is 0 Å². The Balaban J connectivity index is 2.00. The molecule has 0 amide bonds. The maximum atomic E-state index is 8.74. The van der Waals surface area contributed by atoms with Crippen molar-refractivity contribution >= 4 is 5.84 Å². The van der Waals surface area contributed by atoms with Crippen LogP contribution in [-0.4, -0.2) is 21.0 Å². The third-order valence-corrected chi connectivity index (χ3v) is 2.67. The van der Waals surface area contributed by atoms with E-state index >= 15 is 0 Å². The normalized spacial score (nSPS) is 11.5. The van der Waals surface area contributed by atoms with Crippen LogP contribution in [0.5, 0.6) is 0 Å². The van der Waals surface area contributed by atoms with Gasteiger partial charge in [0.25, 0.3) is 0 Å². The SMILES string of the molecule is N/C(=N/O)c1ccccc1CNCc1ccncn1. The number of nitrogens with one attached hydrogen (secondary N) is 1. The van der Waals surface area contributed by atoms with Gasteiger partial charge in [0, 0.05) is 24.8 Å². The van der Waals surface area contributed by atoms with Crippen molar-refractivity contribution in [2.24, 2.45) is 10.9 Å². The van der Waals surface area contributed by atoms with Crippen LogP contribution in [0.2, 0.25) is 0 Å². The molecule has 4 N–H and O–H groups in total. The summed E-state index contributed by atoms with van der Waals surface area (Å²) in [6, 6.07) is 9.36. The lowest BCUT2D eigenvalue weighted by Gasteiger charge is -2.09. The lowest BCUT2D eigenvalue weighted by molar-refractivity contribution is 0.318. The van der Waals surface area contributed by atoms with Gasteiger partial charge in [-0.1, -0.05) is 29.4 Å². The maximum Gasteiger partial charge on any atom is 0.170 e. The molecule has 0 aliphatic rings. The molecule has 2 aromatic rings. The summed E-state index contributed by atoms with van der Waals surface area (Å²) in [5.41, 5.74) is 8.23. The lowest BCUT2D eigenvalue weighted by atomic mass is 10.1. The Hall–Kier alpha value is -2.47. The van der Waals surface area contributed by atoms with Crippen molar-refractivity contribution in [3.05, 3.63) is 59.7 Å². The second kappa shape index (κ2) is 6.46. The minimum Gasteiger partial charge on any atom is -0.409 e. The molecule has 0 spiro atoms. The number of aromatic nitrogens is 2. The summed E-state index contributed by atoms with van der Waals surface area (Å²) in [6.45, 7) is 1.24. The van der Waals surface area contributed by atoms with E-state index in [1.165, 1.54) is 6.33 Å². The first kappa shape index (κ1) is 13.0. The Kier molecular flexibility index (Phi) is 4.41. The zero-order valence-corrected chi connectivity index (χ0v) is 10.3. The second-order valence-corrected chi connectivity index (χ2v) is 3.95. The summed E-state index contributed by atoms with van der Waals surface area (Å²) in [4.78, 5) is 7.98. The largest absolute Gasteiger partial charge is 0.409 e. The molecule has 1 heterocycles. The van der Waals surface area contributed by atoms with Crippen LogP contribution in [0, 0.1) is 0 Å². The molecule has 0 saturated carbocycles. The van der Waals surface area contributed by atoms with E-state index < -0.39 is 0 Å². The van der Waals surface area contributed by atoms with Crippen molar-refractivity contribution < 1.29 is 5.21 Å². The van der Waals surface area contributed by atoms with Gasteiger partial charge in [-0.05, 0) is 11.6 Å². The average molecular weight is 257 g/mol. The smallest absolute Gasteiger partial charge is 0.170 e. The fourth-order valence-corrected chi connectivity index (χ4v) is 1.73. The number of benzene rings is 1. The van der Waals surface area contributed by atoms with Gasteiger partial charge < -0.3 is 16.3 Å². The predicted molar refractivity (Wildman–Crippen MR) is 71.5 cm³/mol. The summed E-state index contributed by atoms with van der Waals surface area (Å²) in [5.74, 6) is 0.111. The van der Waals surface area contributed by atoms with Crippen LogP contribution in [0.4, 0.5) is 0 Å². The average Bonchev–Trinajstić information content (AvgIpc) is 2.48. The van der Waals surface area contributed by atoms with Crippen LogP contribution in [0.1, 0.15) is 16.8 Å². The number of rotatable bonds is 5. The minimum atomic E-state index is 0.111. The van der Waals surface area contributed by atoms with Gasteiger partial charge in [-0.25, -0.2) is 9.97 Å². The zero-order valence-electron chi connectivity index (χ0n) is 10.3. The number of hydrogen-bond acceptors (Lipinski definition) is 5. The Labute approximate surface area is 111 Å². The van der Waals surface area contributed by atoms with Crippen molar-refractivity contribution in [3.8, 4) is 0 Å². The van der Waals surface area contributed by atoms with Crippen molar-refractivity contribution in [2.45, 2.75) is 13.1 Å². The molecule has 98 valence electrons. The maximum absolute atomic E-state index is 8.74. The van der Waals surface area contributed by atoms with E-state index in [2.05, 4.69) is 20.4 Å². The molecule has 0 bridgehead atoms. The van der Waals surface area contributed by atoms with Crippen molar-refractivity contribution in [1.29, 1.82) is 0 Å². The summed E-state index contributed by atoms with van der Waals surface area (Å²) in [5, 5.41) is 15.0. The molecule has 0 atom stereocenters. The van der Waals surface area contributed by atoms with Gasteiger partial charge in [0.1, 0.15) is 6.33 Å². The first-order valence-electron chi connectivity index (χ1n) is 5.82. The molecule has 0 aliphatic carbocycles. The molecule has 19 heavy (non-hydrogen) atoms. The molecule has 6 heteroatoms. The molecule has 0 radical (unpaired) electrons. The van der Waals surface area contributed by atoms with Crippen molar-refractivity contribution in [3.63, 3.8) is 0 Å². The Morgan fingerprint density at radius 2 is 2.11 bits per heavy atom. The first-order chi connectivity index (χ1) is 9.31. The zero-order chi connectivity index (χ0) is 13.5. The summed E-state index contributed by atoms with van der Waals surface area (Å²) in [7, 11) is 0. The topological polar surface area (TPSA) is 96.4 Å². The third-order valence-electron chi connectivity index (χ3n) is 2.67. The summed E-state index contributed by atoms with van der Waals surface area (Å²) < 4.78 is 0. The van der Waals surface area contributed by atoms with Crippen LogP contribution in [0.15, 0.2) is 48.0 Å². The van der Waals surface area contributed by atoms with Crippen molar-refractivity contribution in [2.75, 3.05) is 0 Å². The summed E-state index contributed by atoms with van der Waals surface area (Å²) in [6.07, 6.45) is 3.22. The molecule has 1 aromatic carbocycles. The number of nitrogens with two attached hydrogens (primary N) is 1. The fraction of sp³-hybridized carbons (Fsp3) is 0.154. The number of oxime groups is 1. The first-order valence-corrected chi connectivity index (χ1v) is 5.82. The van der Waals surface area contributed by atoms with Crippen LogP contribution in [-0.2, 0) is 13.1 Å². The minimum absolute atomic E-state index is 0.111. The van der Waals surface area contributed by atoms with E-state index in [4.69, 9.17) is 10.9 Å².